The molecule has 0 saturated carbocycles. The quantitative estimate of drug-likeness (QED) is 0.253. The topological polar surface area (TPSA) is 141 Å². The van der Waals surface area contributed by atoms with E-state index in [9.17, 15) is 14.4 Å². The number of benzene rings is 2. The predicted molar refractivity (Wildman–Crippen MR) is 139 cm³/mol. The third-order valence-corrected chi connectivity index (χ3v) is 5.40. The van der Waals surface area contributed by atoms with Crippen molar-refractivity contribution in [1.82, 2.24) is 10.7 Å². The van der Waals surface area contributed by atoms with Crippen molar-refractivity contribution in [3.63, 3.8) is 0 Å². The fourth-order valence-corrected chi connectivity index (χ4v) is 3.72. The van der Waals surface area contributed by atoms with Gasteiger partial charge in [0.05, 0.1) is 17.8 Å². The van der Waals surface area contributed by atoms with Crippen LogP contribution in [-0.4, -0.2) is 50.3 Å². The second-order valence-electron chi connectivity index (χ2n) is 8.33. The first kappa shape index (κ1) is 28.6. The minimum atomic E-state index is -0.791. The molecule has 0 saturated heterocycles. The number of primary amides is 1. The van der Waals surface area contributed by atoms with Gasteiger partial charge in [-0.05, 0) is 64.5 Å². The molecular formula is C25H31BrN4O6. The van der Waals surface area contributed by atoms with Crippen molar-refractivity contribution in [2.75, 3.05) is 20.3 Å². The van der Waals surface area contributed by atoms with Gasteiger partial charge in [-0.1, -0.05) is 32.0 Å². The Morgan fingerprint density at radius 3 is 2.47 bits per heavy atom. The summed E-state index contributed by atoms with van der Waals surface area (Å²) in [7, 11) is 1.45. The van der Waals surface area contributed by atoms with E-state index in [1.54, 1.807) is 18.2 Å². The number of nitrogens with one attached hydrogen (secondary N) is 2. The number of nitrogens with zero attached hydrogens (tertiary/aromatic N) is 1. The SMILES string of the molecule is COc1cc(/C=N\NC(=O)[C@@H](CC(C)C)NC(=O)COc2ccccc2C)cc(Br)c1OCC(N)=O. The average Bonchev–Trinajstić information content (AvgIpc) is 2.81. The first-order valence-electron chi connectivity index (χ1n) is 11.2. The molecule has 0 aliphatic carbocycles. The zero-order valence-electron chi connectivity index (χ0n) is 20.7. The van der Waals surface area contributed by atoms with Crippen LogP contribution in [0.3, 0.4) is 0 Å². The monoisotopic (exact) mass is 562 g/mol. The van der Waals surface area contributed by atoms with Crippen molar-refractivity contribution < 1.29 is 28.6 Å². The highest BCUT2D eigenvalue weighted by molar-refractivity contribution is 9.10. The predicted octanol–water partition coefficient (Wildman–Crippen LogP) is 2.69. The van der Waals surface area contributed by atoms with Crippen LogP contribution in [0, 0.1) is 12.8 Å². The number of hydrogen-bond donors (Lipinski definition) is 3. The van der Waals surface area contributed by atoms with Crippen LogP contribution in [0.25, 0.3) is 0 Å². The van der Waals surface area contributed by atoms with E-state index in [-0.39, 0.29) is 19.1 Å². The van der Waals surface area contributed by atoms with Crippen LogP contribution in [0.4, 0.5) is 0 Å². The molecule has 4 N–H and O–H groups in total. The molecule has 2 aromatic carbocycles. The first-order chi connectivity index (χ1) is 17.1. The molecule has 11 heteroatoms. The number of hydrogen-bond acceptors (Lipinski definition) is 7. The second-order valence-corrected chi connectivity index (χ2v) is 9.18. The Morgan fingerprint density at radius 2 is 1.83 bits per heavy atom. The van der Waals surface area contributed by atoms with Gasteiger partial charge in [0.1, 0.15) is 11.8 Å². The van der Waals surface area contributed by atoms with Gasteiger partial charge in [0.15, 0.2) is 24.7 Å². The highest BCUT2D eigenvalue weighted by atomic mass is 79.9. The minimum absolute atomic E-state index is 0.149. The fraction of sp³-hybridized carbons (Fsp3) is 0.360. The Morgan fingerprint density at radius 1 is 1.11 bits per heavy atom. The summed E-state index contributed by atoms with van der Waals surface area (Å²) in [5.41, 5.74) is 9.08. The number of rotatable bonds is 13. The Kier molecular flexibility index (Phi) is 11.2. The number of halogens is 1. The largest absolute Gasteiger partial charge is 0.493 e. The lowest BCUT2D eigenvalue weighted by Gasteiger charge is -2.19. The number of methoxy groups -OCH3 is 1. The molecule has 0 aliphatic rings. The van der Waals surface area contributed by atoms with E-state index in [1.807, 2.05) is 39.0 Å². The zero-order chi connectivity index (χ0) is 26.7. The number of aryl methyl sites for hydroxylation is 1. The maximum atomic E-state index is 12.7. The second kappa shape index (κ2) is 14.1. The van der Waals surface area contributed by atoms with Crippen molar-refractivity contribution in [1.29, 1.82) is 0 Å². The van der Waals surface area contributed by atoms with Crippen molar-refractivity contribution in [2.45, 2.75) is 33.2 Å². The highest BCUT2D eigenvalue weighted by Crippen LogP contribution is 2.36. The molecule has 3 amide bonds. The number of carbonyl (C=O) groups is 3. The normalized spacial score (nSPS) is 11.7. The summed E-state index contributed by atoms with van der Waals surface area (Å²) in [4.78, 5) is 36.2. The third-order valence-electron chi connectivity index (χ3n) is 4.81. The molecular weight excluding hydrogens is 532 g/mol. The number of ether oxygens (including phenoxy) is 3. The van der Waals surface area contributed by atoms with Crippen LogP contribution in [-0.2, 0) is 14.4 Å². The molecule has 1 atom stereocenters. The van der Waals surface area contributed by atoms with Gasteiger partial charge in [-0.15, -0.1) is 0 Å². The smallest absolute Gasteiger partial charge is 0.262 e. The molecule has 0 fully saturated rings. The minimum Gasteiger partial charge on any atom is -0.493 e. The van der Waals surface area contributed by atoms with Crippen LogP contribution in [0.2, 0.25) is 0 Å². The summed E-state index contributed by atoms with van der Waals surface area (Å²) in [6, 6.07) is 9.87. The molecule has 194 valence electrons. The molecule has 0 aromatic heterocycles. The van der Waals surface area contributed by atoms with Crippen LogP contribution in [0.15, 0.2) is 46.0 Å². The number of para-hydroxylation sites is 1. The van der Waals surface area contributed by atoms with E-state index in [0.29, 0.717) is 33.7 Å². The van der Waals surface area contributed by atoms with Gasteiger partial charge in [0.2, 0.25) is 0 Å². The van der Waals surface area contributed by atoms with Gasteiger partial charge in [0.25, 0.3) is 17.7 Å². The van der Waals surface area contributed by atoms with Gasteiger partial charge in [-0.25, -0.2) is 5.43 Å². The lowest BCUT2D eigenvalue weighted by molar-refractivity contribution is -0.130. The number of amides is 3. The molecule has 36 heavy (non-hydrogen) atoms. The van der Waals surface area contributed by atoms with E-state index in [2.05, 4.69) is 31.8 Å². The van der Waals surface area contributed by atoms with E-state index in [0.717, 1.165) is 5.56 Å². The molecule has 0 bridgehead atoms. The van der Waals surface area contributed by atoms with Crippen LogP contribution < -0.4 is 30.7 Å². The van der Waals surface area contributed by atoms with Crippen LogP contribution in [0.1, 0.15) is 31.4 Å². The van der Waals surface area contributed by atoms with Gasteiger partial charge in [-0.2, -0.15) is 5.10 Å². The van der Waals surface area contributed by atoms with Gasteiger partial charge in [-0.3, -0.25) is 14.4 Å². The zero-order valence-corrected chi connectivity index (χ0v) is 22.3. The van der Waals surface area contributed by atoms with Crippen LogP contribution >= 0.6 is 15.9 Å². The molecule has 0 heterocycles. The summed E-state index contributed by atoms with van der Waals surface area (Å²) in [5.74, 6) is -0.0886. The van der Waals surface area contributed by atoms with Gasteiger partial charge < -0.3 is 25.3 Å². The molecule has 0 aliphatic heterocycles. The van der Waals surface area contributed by atoms with Crippen molar-refractivity contribution in [3.05, 3.63) is 52.0 Å². The van der Waals surface area contributed by atoms with E-state index in [4.69, 9.17) is 19.9 Å². The standard InChI is InChI=1S/C25H31BrN4O6/c1-15(2)9-19(29-23(32)14-35-20-8-6-5-7-16(20)3)25(33)30-28-12-17-10-18(26)24(21(11-17)34-4)36-13-22(27)31/h5-8,10-12,15,19H,9,13-14H2,1-4H3,(H2,27,31)(H,29,32)(H,30,33)/b28-12-/t19-/m1/s1. The van der Waals surface area contributed by atoms with E-state index in [1.165, 1.54) is 13.3 Å². The maximum absolute atomic E-state index is 12.7. The number of nitrogens with two attached hydrogens (primary N) is 1. The Bertz CT molecular complexity index is 1110. The molecule has 0 radical (unpaired) electrons. The highest BCUT2D eigenvalue weighted by Gasteiger charge is 2.22. The van der Waals surface area contributed by atoms with Crippen molar-refractivity contribution >= 4 is 39.9 Å². The van der Waals surface area contributed by atoms with Gasteiger partial charge in [0, 0.05) is 0 Å². The number of carbonyl (C=O) groups excluding carboxylic acids is 3. The van der Waals surface area contributed by atoms with Crippen molar-refractivity contribution in [3.8, 4) is 17.2 Å². The molecule has 2 rings (SSSR count). The average molecular weight is 563 g/mol. The summed E-state index contributed by atoms with van der Waals surface area (Å²) in [6.45, 7) is 5.26. The van der Waals surface area contributed by atoms with Crippen molar-refractivity contribution in [2.24, 2.45) is 16.8 Å². The summed E-state index contributed by atoms with van der Waals surface area (Å²) >= 11 is 3.36. The molecule has 2 aromatic rings. The summed E-state index contributed by atoms with van der Waals surface area (Å²) < 4.78 is 16.7. The molecule has 0 spiro atoms. The van der Waals surface area contributed by atoms with E-state index < -0.39 is 23.8 Å². The lowest BCUT2D eigenvalue weighted by atomic mass is 10.0. The first-order valence-corrected chi connectivity index (χ1v) is 12.0. The molecule has 0 unspecified atom stereocenters. The maximum Gasteiger partial charge on any atom is 0.262 e. The van der Waals surface area contributed by atoms with Crippen LogP contribution in [0.5, 0.6) is 17.2 Å². The van der Waals surface area contributed by atoms with E-state index >= 15 is 0 Å². The number of hydrazone groups is 1. The summed E-state index contributed by atoms with van der Waals surface area (Å²) in [6.07, 6.45) is 1.83. The Balaban J connectivity index is 2.02. The molecule has 10 nitrogen and oxygen atoms in total. The Labute approximate surface area is 218 Å². The fourth-order valence-electron chi connectivity index (χ4n) is 3.15. The lowest BCUT2D eigenvalue weighted by Crippen LogP contribution is -2.47. The van der Waals surface area contributed by atoms with Gasteiger partial charge >= 0.3 is 0 Å². The third kappa shape index (κ3) is 9.21. The Hall–Kier alpha value is -3.60. The summed E-state index contributed by atoms with van der Waals surface area (Å²) in [5, 5.41) is 6.72.